The Morgan fingerprint density at radius 3 is 2.67 bits per heavy atom. The van der Waals surface area contributed by atoms with Crippen LogP contribution in [-0.2, 0) is 5.54 Å². The number of hydrogen-bond donors (Lipinski definition) is 1. The van der Waals surface area contributed by atoms with Gasteiger partial charge in [-0.2, -0.15) is 0 Å². The Kier molecular flexibility index (Phi) is 4.41. The topological polar surface area (TPSA) is 29.3 Å². The van der Waals surface area contributed by atoms with Gasteiger partial charge in [-0.25, -0.2) is 0 Å². The maximum Gasteiger partial charge on any atom is 0.0510 e. The number of benzene rings is 1. The van der Waals surface area contributed by atoms with E-state index in [0.29, 0.717) is 6.04 Å². The van der Waals surface area contributed by atoms with Crippen LogP contribution in [0.3, 0.4) is 0 Å². The van der Waals surface area contributed by atoms with Gasteiger partial charge in [0.15, 0.2) is 0 Å². The lowest BCUT2D eigenvalue weighted by Gasteiger charge is -2.35. The highest BCUT2D eigenvalue weighted by Crippen LogP contribution is 2.23. The zero-order valence-electron chi connectivity index (χ0n) is 11.7. The van der Waals surface area contributed by atoms with E-state index in [-0.39, 0.29) is 5.54 Å². The summed E-state index contributed by atoms with van der Waals surface area (Å²) in [7, 11) is 0. The first-order valence-electron chi connectivity index (χ1n) is 7.18. The molecular weight excluding hydrogens is 220 g/mol. The van der Waals surface area contributed by atoms with Crippen LogP contribution in [0, 0.1) is 0 Å². The van der Waals surface area contributed by atoms with Crippen LogP contribution >= 0.6 is 0 Å². The van der Waals surface area contributed by atoms with Gasteiger partial charge < -0.3 is 5.73 Å². The summed E-state index contributed by atoms with van der Waals surface area (Å²) in [5.41, 5.74) is 7.53. The Labute approximate surface area is 111 Å². The molecule has 100 valence electrons. The molecule has 2 rings (SSSR count). The van der Waals surface area contributed by atoms with E-state index >= 15 is 0 Å². The van der Waals surface area contributed by atoms with E-state index in [2.05, 4.69) is 43.0 Å². The Hall–Kier alpha value is -0.860. The molecule has 0 bridgehead atoms. The Bertz CT molecular complexity index is 359. The van der Waals surface area contributed by atoms with E-state index in [9.17, 15) is 0 Å². The lowest BCUT2D eigenvalue weighted by atomic mass is 9.92. The molecule has 0 radical (unpaired) electrons. The first-order chi connectivity index (χ1) is 8.59. The minimum absolute atomic E-state index is 0.250. The van der Waals surface area contributed by atoms with Crippen LogP contribution in [0.15, 0.2) is 30.3 Å². The molecule has 1 aliphatic rings. The number of nitrogens with zero attached hydrogens (tertiary/aromatic N) is 1. The van der Waals surface area contributed by atoms with Crippen LogP contribution in [-0.4, -0.2) is 24.0 Å². The summed E-state index contributed by atoms with van der Waals surface area (Å²) >= 11 is 0. The first-order valence-corrected chi connectivity index (χ1v) is 7.18. The fraction of sp³-hybridized carbons (Fsp3) is 0.625. The summed E-state index contributed by atoms with van der Waals surface area (Å²) in [5.74, 6) is 0. The molecule has 1 heterocycles. The molecule has 2 unspecified atom stereocenters. The monoisotopic (exact) mass is 246 g/mol. The van der Waals surface area contributed by atoms with Gasteiger partial charge in [0.2, 0.25) is 0 Å². The van der Waals surface area contributed by atoms with Crippen LogP contribution in [0.4, 0.5) is 0 Å². The van der Waals surface area contributed by atoms with Gasteiger partial charge in [-0.3, -0.25) is 4.90 Å². The van der Waals surface area contributed by atoms with Gasteiger partial charge in [0, 0.05) is 12.6 Å². The van der Waals surface area contributed by atoms with Crippen LogP contribution in [0.25, 0.3) is 0 Å². The third kappa shape index (κ3) is 3.33. The second kappa shape index (κ2) is 5.85. The van der Waals surface area contributed by atoms with Crippen LogP contribution in [0.2, 0.25) is 0 Å². The molecule has 1 aromatic rings. The fourth-order valence-corrected chi connectivity index (χ4v) is 2.90. The highest BCUT2D eigenvalue weighted by molar-refractivity contribution is 5.23. The standard InChI is InChI=1S/C16H26N2/c1-14-9-5-4-8-12-18(14)13-16(2,17)15-10-6-3-7-11-15/h3,6-7,10-11,14H,4-5,8-9,12-13,17H2,1-2H3. The summed E-state index contributed by atoms with van der Waals surface area (Å²) in [6.07, 6.45) is 5.36. The highest BCUT2D eigenvalue weighted by Gasteiger charge is 2.27. The van der Waals surface area contributed by atoms with Crippen molar-refractivity contribution in [3.63, 3.8) is 0 Å². The normalized spacial score (nSPS) is 25.4. The molecule has 2 atom stereocenters. The molecule has 0 amide bonds. The first kappa shape index (κ1) is 13.6. The average molecular weight is 246 g/mol. The van der Waals surface area contributed by atoms with Crippen molar-refractivity contribution in [1.82, 2.24) is 4.90 Å². The molecule has 1 aromatic carbocycles. The second-order valence-electron chi connectivity index (χ2n) is 5.95. The lowest BCUT2D eigenvalue weighted by Crippen LogP contribution is -2.48. The summed E-state index contributed by atoms with van der Waals surface area (Å²) in [6.45, 7) is 6.64. The van der Waals surface area contributed by atoms with Gasteiger partial charge in [0.1, 0.15) is 0 Å². The van der Waals surface area contributed by atoms with Gasteiger partial charge in [0.05, 0.1) is 5.54 Å². The zero-order chi connectivity index (χ0) is 13.0. The SMILES string of the molecule is CC1CCCCCN1CC(C)(N)c1ccccc1. The average Bonchev–Trinajstić information content (AvgIpc) is 2.56. The van der Waals surface area contributed by atoms with E-state index in [0.717, 1.165) is 6.54 Å². The molecule has 0 saturated carbocycles. The van der Waals surface area contributed by atoms with Gasteiger partial charge in [-0.1, -0.05) is 43.2 Å². The van der Waals surface area contributed by atoms with Crippen molar-refractivity contribution in [2.75, 3.05) is 13.1 Å². The number of nitrogens with two attached hydrogens (primary N) is 1. The Morgan fingerprint density at radius 1 is 1.22 bits per heavy atom. The summed E-state index contributed by atoms with van der Waals surface area (Å²) in [4.78, 5) is 2.57. The summed E-state index contributed by atoms with van der Waals surface area (Å²) in [6, 6.07) is 11.1. The summed E-state index contributed by atoms with van der Waals surface area (Å²) in [5, 5.41) is 0. The molecule has 0 aromatic heterocycles. The molecule has 1 fully saturated rings. The van der Waals surface area contributed by atoms with E-state index in [1.165, 1.54) is 37.8 Å². The minimum Gasteiger partial charge on any atom is -0.321 e. The largest absolute Gasteiger partial charge is 0.321 e. The molecular formula is C16H26N2. The van der Waals surface area contributed by atoms with Crippen molar-refractivity contribution in [1.29, 1.82) is 0 Å². The van der Waals surface area contributed by atoms with E-state index in [1.807, 2.05) is 6.07 Å². The van der Waals surface area contributed by atoms with Gasteiger partial charge in [-0.15, -0.1) is 0 Å². The fourth-order valence-electron chi connectivity index (χ4n) is 2.90. The van der Waals surface area contributed by atoms with E-state index < -0.39 is 0 Å². The van der Waals surface area contributed by atoms with Crippen molar-refractivity contribution in [3.8, 4) is 0 Å². The second-order valence-corrected chi connectivity index (χ2v) is 5.95. The van der Waals surface area contributed by atoms with Crippen LogP contribution in [0.5, 0.6) is 0 Å². The van der Waals surface area contributed by atoms with E-state index in [1.54, 1.807) is 0 Å². The Balaban J connectivity index is 2.07. The molecule has 2 heteroatoms. The van der Waals surface area contributed by atoms with Crippen LogP contribution < -0.4 is 5.73 Å². The zero-order valence-corrected chi connectivity index (χ0v) is 11.7. The molecule has 1 aliphatic heterocycles. The van der Waals surface area contributed by atoms with Crippen molar-refractivity contribution < 1.29 is 0 Å². The van der Waals surface area contributed by atoms with Crippen molar-refractivity contribution >= 4 is 0 Å². The third-order valence-corrected chi connectivity index (χ3v) is 4.16. The smallest absolute Gasteiger partial charge is 0.0510 e. The maximum atomic E-state index is 6.54. The number of rotatable bonds is 3. The molecule has 0 spiro atoms. The maximum absolute atomic E-state index is 6.54. The molecule has 18 heavy (non-hydrogen) atoms. The van der Waals surface area contributed by atoms with E-state index in [4.69, 9.17) is 5.73 Å². The predicted octanol–water partition coefficient (Wildman–Crippen LogP) is 3.13. The minimum atomic E-state index is -0.250. The summed E-state index contributed by atoms with van der Waals surface area (Å²) < 4.78 is 0. The number of likely N-dealkylation sites (tertiary alicyclic amines) is 1. The van der Waals surface area contributed by atoms with Crippen molar-refractivity contribution in [3.05, 3.63) is 35.9 Å². The quantitative estimate of drug-likeness (QED) is 0.888. The Morgan fingerprint density at radius 2 is 1.94 bits per heavy atom. The highest BCUT2D eigenvalue weighted by atomic mass is 15.2. The van der Waals surface area contributed by atoms with Gasteiger partial charge in [0.25, 0.3) is 0 Å². The van der Waals surface area contributed by atoms with Crippen molar-refractivity contribution in [2.24, 2.45) is 5.73 Å². The lowest BCUT2D eigenvalue weighted by molar-refractivity contribution is 0.170. The van der Waals surface area contributed by atoms with Gasteiger partial charge >= 0.3 is 0 Å². The third-order valence-electron chi connectivity index (χ3n) is 4.16. The molecule has 0 aliphatic carbocycles. The van der Waals surface area contributed by atoms with Crippen molar-refractivity contribution in [2.45, 2.75) is 51.1 Å². The molecule has 2 nitrogen and oxygen atoms in total. The van der Waals surface area contributed by atoms with Crippen LogP contribution in [0.1, 0.15) is 45.1 Å². The predicted molar refractivity (Wildman–Crippen MR) is 77.5 cm³/mol. The van der Waals surface area contributed by atoms with Gasteiger partial charge in [-0.05, 0) is 38.8 Å². The molecule has 2 N–H and O–H groups in total. The molecule has 1 saturated heterocycles. The number of hydrogen-bond acceptors (Lipinski definition) is 2.